The van der Waals surface area contributed by atoms with Crippen LogP contribution in [0.5, 0.6) is 0 Å². The van der Waals surface area contributed by atoms with E-state index in [0.29, 0.717) is 5.89 Å². The number of fused-ring (bicyclic) bond motifs is 1. The largest absolute Gasteiger partial charge is 0.441 e. The average Bonchev–Trinajstić information content (AvgIpc) is 2.57. The molecule has 1 heterocycles. The number of benzene rings is 1. The van der Waals surface area contributed by atoms with Crippen molar-refractivity contribution in [3.63, 3.8) is 0 Å². The summed E-state index contributed by atoms with van der Waals surface area (Å²) in [5.74, 6) is 0.690. The molecule has 0 unspecified atom stereocenters. The number of aromatic nitrogens is 1. The Bertz CT molecular complexity index is 451. The Morgan fingerprint density at radius 3 is 3.13 bits per heavy atom. The molecular formula is C11H14N2O2. The fourth-order valence-corrected chi connectivity index (χ4v) is 1.55. The van der Waals surface area contributed by atoms with Crippen molar-refractivity contribution in [2.75, 3.05) is 13.3 Å². The quantitative estimate of drug-likeness (QED) is 0.583. The van der Waals surface area contributed by atoms with Gasteiger partial charge in [-0.1, -0.05) is 6.07 Å². The number of aliphatic hydroxyl groups is 1. The van der Waals surface area contributed by atoms with E-state index in [9.17, 15) is 0 Å². The Balaban J connectivity index is 2.15. The van der Waals surface area contributed by atoms with E-state index in [1.54, 1.807) is 0 Å². The van der Waals surface area contributed by atoms with Crippen molar-refractivity contribution >= 4 is 11.1 Å². The molecule has 1 aromatic carbocycles. The maximum atomic E-state index is 8.58. The first-order chi connectivity index (χ1) is 7.29. The van der Waals surface area contributed by atoms with E-state index in [-0.39, 0.29) is 6.73 Å². The minimum Gasteiger partial charge on any atom is -0.441 e. The number of oxazole rings is 1. The molecule has 15 heavy (non-hydrogen) atoms. The van der Waals surface area contributed by atoms with Crippen molar-refractivity contribution < 1.29 is 9.52 Å². The third kappa shape index (κ3) is 2.34. The molecule has 0 saturated heterocycles. The van der Waals surface area contributed by atoms with Crippen LogP contribution in [0.15, 0.2) is 22.6 Å². The van der Waals surface area contributed by atoms with E-state index < -0.39 is 0 Å². The van der Waals surface area contributed by atoms with Gasteiger partial charge in [0.2, 0.25) is 0 Å². The molecule has 0 fully saturated rings. The first kappa shape index (κ1) is 10.1. The molecule has 4 nitrogen and oxygen atoms in total. The number of aryl methyl sites for hydroxylation is 1. The summed E-state index contributed by atoms with van der Waals surface area (Å²) in [7, 11) is 0. The molecule has 0 aliphatic carbocycles. The third-order valence-corrected chi connectivity index (χ3v) is 2.26. The van der Waals surface area contributed by atoms with Crippen LogP contribution in [-0.4, -0.2) is 23.4 Å². The summed E-state index contributed by atoms with van der Waals surface area (Å²) in [5.41, 5.74) is 2.90. The lowest BCUT2D eigenvalue weighted by molar-refractivity contribution is 0.262. The van der Waals surface area contributed by atoms with Gasteiger partial charge >= 0.3 is 0 Å². The summed E-state index contributed by atoms with van der Waals surface area (Å²) in [4.78, 5) is 4.23. The lowest BCUT2D eigenvalue weighted by Crippen LogP contribution is -2.17. The molecule has 0 amide bonds. The summed E-state index contributed by atoms with van der Waals surface area (Å²) < 4.78 is 5.43. The lowest BCUT2D eigenvalue weighted by Gasteiger charge is -2.00. The van der Waals surface area contributed by atoms with Crippen molar-refractivity contribution in [1.82, 2.24) is 10.3 Å². The van der Waals surface area contributed by atoms with Crippen LogP contribution in [0.25, 0.3) is 11.1 Å². The van der Waals surface area contributed by atoms with Gasteiger partial charge in [0.15, 0.2) is 11.5 Å². The van der Waals surface area contributed by atoms with Crippen molar-refractivity contribution in [2.24, 2.45) is 0 Å². The molecule has 2 rings (SSSR count). The molecule has 0 aliphatic heterocycles. The second-order valence-corrected chi connectivity index (χ2v) is 3.44. The third-order valence-electron chi connectivity index (χ3n) is 2.26. The monoisotopic (exact) mass is 206 g/mol. The highest BCUT2D eigenvalue weighted by atomic mass is 16.3. The smallest absolute Gasteiger partial charge is 0.192 e. The minimum absolute atomic E-state index is 0.0175. The van der Waals surface area contributed by atoms with Crippen molar-refractivity contribution in [1.29, 1.82) is 0 Å². The fraction of sp³-hybridized carbons (Fsp3) is 0.364. The molecule has 80 valence electrons. The highest BCUT2D eigenvalue weighted by Gasteiger charge is 2.02. The normalized spacial score (nSPS) is 11.1. The van der Waals surface area contributed by atoms with Gasteiger partial charge in [-0.2, -0.15) is 0 Å². The van der Waals surface area contributed by atoms with Crippen LogP contribution in [0.2, 0.25) is 0 Å². The molecule has 0 saturated carbocycles. The number of hydrogen-bond acceptors (Lipinski definition) is 4. The van der Waals surface area contributed by atoms with Crippen molar-refractivity contribution in [3.05, 3.63) is 29.7 Å². The number of nitrogens with one attached hydrogen (secondary N) is 1. The zero-order chi connectivity index (χ0) is 10.7. The standard InChI is InChI=1S/C11H14N2O2/c1-8-13-10-3-2-9(4-5-12-7-14)6-11(10)15-8/h2-3,6,12,14H,4-5,7H2,1H3. The van der Waals surface area contributed by atoms with Gasteiger partial charge in [-0.15, -0.1) is 0 Å². The Labute approximate surface area is 87.9 Å². The lowest BCUT2D eigenvalue weighted by atomic mass is 10.1. The average molecular weight is 206 g/mol. The molecule has 0 spiro atoms. The number of aliphatic hydroxyl groups excluding tert-OH is 1. The SMILES string of the molecule is Cc1nc2ccc(CCNCO)cc2o1. The van der Waals surface area contributed by atoms with Gasteiger partial charge in [0.1, 0.15) is 5.52 Å². The highest BCUT2D eigenvalue weighted by Crippen LogP contribution is 2.16. The van der Waals surface area contributed by atoms with Gasteiger partial charge in [0.05, 0.1) is 6.73 Å². The van der Waals surface area contributed by atoms with Crippen molar-refractivity contribution in [2.45, 2.75) is 13.3 Å². The summed E-state index contributed by atoms with van der Waals surface area (Å²) in [6, 6.07) is 5.98. The van der Waals surface area contributed by atoms with Crippen LogP contribution < -0.4 is 5.32 Å². The zero-order valence-electron chi connectivity index (χ0n) is 8.66. The van der Waals surface area contributed by atoms with Crippen LogP contribution >= 0.6 is 0 Å². The van der Waals surface area contributed by atoms with Crippen molar-refractivity contribution in [3.8, 4) is 0 Å². The second kappa shape index (κ2) is 4.42. The predicted octanol–water partition coefficient (Wildman–Crippen LogP) is 1.22. The maximum absolute atomic E-state index is 8.58. The molecule has 0 radical (unpaired) electrons. The first-order valence-corrected chi connectivity index (χ1v) is 4.97. The van der Waals surface area contributed by atoms with Gasteiger partial charge in [-0.25, -0.2) is 4.98 Å². The van der Waals surface area contributed by atoms with Gasteiger partial charge in [0.25, 0.3) is 0 Å². The number of rotatable bonds is 4. The molecule has 2 aromatic rings. The molecule has 4 heteroatoms. The summed E-state index contributed by atoms with van der Waals surface area (Å²) in [6.45, 7) is 2.62. The second-order valence-electron chi connectivity index (χ2n) is 3.44. The Morgan fingerprint density at radius 1 is 1.47 bits per heavy atom. The van der Waals surface area contributed by atoms with E-state index in [2.05, 4.69) is 10.3 Å². The summed E-state index contributed by atoms with van der Waals surface area (Å²) >= 11 is 0. The van der Waals surface area contributed by atoms with Gasteiger partial charge < -0.3 is 9.52 Å². The molecular weight excluding hydrogens is 192 g/mol. The molecule has 0 aliphatic rings. The molecule has 0 bridgehead atoms. The Hall–Kier alpha value is -1.39. The summed E-state index contributed by atoms with van der Waals surface area (Å²) in [6.07, 6.45) is 0.871. The Kier molecular flexibility index (Phi) is 2.99. The van der Waals surface area contributed by atoms with Gasteiger partial charge in [0, 0.05) is 13.5 Å². The van der Waals surface area contributed by atoms with E-state index in [1.807, 2.05) is 25.1 Å². The summed E-state index contributed by atoms with van der Waals surface area (Å²) in [5, 5.41) is 11.4. The van der Waals surface area contributed by atoms with Crippen LogP contribution in [0, 0.1) is 6.92 Å². The highest BCUT2D eigenvalue weighted by molar-refractivity contribution is 5.73. The van der Waals surface area contributed by atoms with Gasteiger partial charge in [-0.3, -0.25) is 5.32 Å². The zero-order valence-corrected chi connectivity index (χ0v) is 8.66. The topological polar surface area (TPSA) is 58.3 Å². The van der Waals surface area contributed by atoms with E-state index in [1.165, 1.54) is 5.56 Å². The van der Waals surface area contributed by atoms with Crippen LogP contribution in [0.4, 0.5) is 0 Å². The molecule has 1 aromatic heterocycles. The molecule has 2 N–H and O–H groups in total. The van der Waals surface area contributed by atoms with Crippen LogP contribution in [0.1, 0.15) is 11.5 Å². The minimum atomic E-state index is 0.0175. The van der Waals surface area contributed by atoms with E-state index >= 15 is 0 Å². The van der Waals surface area contributed by atoms with Crippen LogP contribution in [0.3, 0.4) is 0 Å². The maximum Gasteiger partial charge on any atom is 0.192 e. The van der Waals surface area contributed by atoms with E-state index in [0.717, 1.165) is 24.1 Å². The number of hydrogen-bond donors (Lipinski definition) is 2. The predicted molar refractivity (Wildman–Crippen MR) is 57.5 cm³/mol. The van der Waals surface area contributed by atoms with Crippen LogP contribution in [-0.2, 0) is 6.42 Å². The fourth-order valence-electron chi connectivity index (χ4n) is 1.55. The molecule has 0 atom stereocenters. The van der Waals surface area contributed by atoms with Gasteiger partial charge in [-0.05, 0) is 24.1 Å². The Morgan fingerprint density at radius 2 is 2.33 bits per heavy atom. The first-order valence-electron chi connectivity index (χ1n) is 4.97. The number of nitrogens with zero attached hydrogens (tertiary/aromatic N) is 1. The van der Waals surface area contributed by atoms with E-state index in [4.69, 9.17) is 9.52 Å².